The molecule has 0 radical (unpaired) electrons. The van der Waals surface area contributed by atoms with E-state index in [1.165, 1.54) is 7.11 Å². The molecule has 17 heavy (non-hydrogen) atoms. The van der Waals surface area contributed by atoms with Crippen molar-refractivity contribution in [3.63, 3.8) is 0 Å². The van der Waals surface area contributed by atoms with Crippen LogP contribution in [0.1, 0.15) is 19.8 Å². The van der Waals surface area contributed by atoms with E-state index < -0.39 is 0 Å². The van der Waals surface area contributed by atoms with Crippen molar-refractivity contribution in [3.8, 4) is 0 Å². The van der Waals surface area contributed by atoms with E-state index in [1.54, 1.807) is 7.11 Å². The number of methoxy groups -OCH3 is 2. The number of ether oxygens (including phenoxy) is 3. The molecule has 0 saturated heterocycles. The molecule has 0 fully saturated rings. The fourth-order valence-electron chi connectivity index (χ4n) is 1.44. The standard InChI is InChI=1S/C12H25NO4/c1-4-17-10-5-7-13(9-11-15-2)8-6-12(14)16-3/h4-11H2,1-3H3. The van der Waals surface area contributed by atoms with Gasteiger partial charge in [-0.3, -0.25) is 4.79 Å². The Morgan fingerprint density at radius 2 is 1.88 bits per heavy atom. The lowest BCUT2D eigenvalue weighted by molar-refractivity contribution is -0.141. The van der Waals surface area contributed by atoms with Gasteiger partial charge >= 0.3 is 5.97 Å². The fraction of sp³-hybridized carbons (Fsp3) is 0.917. The van der Waals surface area contributed by atoms with Crippen molar-refractivity contribution in [1.82, 2.24) is 4.90 Å². The first kappa shape index (κ1) is 16.4. The topological polar surface area (TPSA) is 48.0 Å². The summed E-state index contributed by atoms with van der Waals surface area (Å²) in [6.45, 7) is 6.64. The molecule has 0 rings (SSSR count). The van der Waals surface area contributed by atoms with Crippen molar-refractivity contribution in [3.05, 3.63) is 0 Å². The van der Waals surface area contributed by atoms with Crippen LogP contribution >= 0.6 is 0 Å². The second-order valence-electron chi connectivity index (χ2n) is 3.71. The summed E-state index contributed by atoms with van der Waals surface area (Å²) in [4.78, 5) is 13.3. The summed E-state index contributed by atoms with van der Waals surface area (Å²) >= 11 is 0. The summed E-state index contributed by atoms with van der Waals surface area (Å²) < 4.78 is 15.0. The SMILES string of the molecule is CCOCCCN(CCOC)CCC(=O)OC. The van der Waals surface area contributed by atoms with Crippen molar-refractivity contribution in [2.24, 2.45) is 0 Å². The number of hydrogen-bond acceptors (Lipinski definition) is 5. The molecule has 0 aliphatic heterocycles. The molecule has 5 nitrogen and oxygen atoms in total. The minimum atomic E-state index is -0.169. The average Bonchev–Trinajstić information content (AvgIpc) is 2.36. The third-order valence-electron chi connectivity index (χ3n) is 2.44. The molecule has 5 heteroatoms. The molecule has 0 aliphatic rings. The lowest BCUT2D eigenvalue weighted by atomic mass is 10.3. The van der Waals surface area contributed by atoms with Crippen LogP contribution in [-0.4, -0.2) is 64.5 Å². The van der Waals surface area contributed by atoms with E-state index in [1.807, 2.05) is 6.92 Å². The van der Waals surface area contributed by atoms with Crippen molar-refractivity contribution in [2.45, 2.75) is 19.8 Å². The van der Waals surface area contributed by atoms with E-state index in [0.29, 0.717) is 19.6 Å². The molecule has 0 N–H and O–H groups in total. The largest absolute Gasteiger partial charge is 0.469 e. The van der Waals surface area contributed by atoms with E-state index in [9.17, 15) is 4.79 Å². The Balaban J connectivity index is 3.74. The molecule has 0 heterocycles. The van der Waals surface area contributed by atoms with E-state index in [-0.39, 0.29) is 5.97 Å². The quantitative estimate of drug-likeness (QED) is 0.401. The molecule has 0 aromatic rings. The Morgan fingerprint density at radius 1 is 1.12 bits per heavy atom. The van der Waals surface area contributed by atoms with Gasteiger partial charge in [-0.2, -0.15) is 0 Å². The van der Waals surface area contributed by atoms with Crippen molar-refractivity contribution in [2.75, 3.05) is 53.7 Å². The summed E-state index contributed by atoms with van der Waals surface area (Å²) in [6, 6.07) is 0. The van der Waals surface area contributed by atoms with Gasteiger partial charge in [0.15, 0.2) is 0 Å². The van der Waals surface area contributed by atoms with Crippen LogP contribution in [0.2, 0.25) is 0 Å². The molecule has 0 aliphatic carbocycles. The highest BCUT2D eigenvalue weighted by atomic mass is 16.5. The van der Waals surface area contributed by atoms with E-state index in [4.69, 9.17) is 9.47 Å². The molecule has 102 valence electrons. The van der Waals surface area contributed by atoms with Crippen LogP contribution in [0.25, 0.3) is 0 Å². The van der Waals surface area contributed by atoms with Gasteiger partial charge in [0.1, 0.15) is 0 Å². The molecule has 0 atom stereocenters. The molecule has 0 aromatic carbocycles. The molecule has 0 aromatic heterocycles. The normalized spacial score (nSPS) is 10.8. The second-order valence-corrected chi connectivity index (χ2v) is 3.71. The van der Waals surface area contributed by atoms with Gasteiger partial charge in [0.25, 0.3) is 0 Å². The molecular weight excluding hydrogens is 222 g/mol. The summed E-state index contributed by atoms with van der Waals surface area (Å²) in [5.41, 5.74) is 0. The lowest BCUT2D eigenvalue weighted by Crippen LogP contribution is -2.31. The van der Waals surface area contributed by atoms with Crippen LogP contribution in [0.15, 0.2) is 0 Å². The maximum absolute atomic E-state index is 11.1. The highest BCUT2D eigenvalue weighted by Crippen LogP contribution is 1.96. The van der Waals surface area contributed by atoms with Gasteiger partial charge in [-0.1, -0.05) is 0 Å². The van der Waals surface area contributed by atoms with Crippen molar-refractivity contribution in [1.29, 1.82) is 0 Å². The highest BCUT2D eigenvalue weighted by molar-refractivity contribution is 5.69. The number of rotatable bonds is 11. The first-order valence-electron chi connectivity index (χ1n) is 6.10. The predicted molar refractivity (Wildman–Crippen MR) is 66.1 cm³/mol. The maximum atomic E-state index is 11.1. The summed E-state index contributed by atoms with van der Waals surface area (Å²) in [7, 11) is 3.09. The fourth-order valence-corrected chi connectivity index (χ4v) is 1.44. The molecule has 0 spiro atoms. The first-order chi connectivity index (χ1) is 8.24. The highest BCUT2D eigenvalue weighted by Gasteiger charge is 2.08. The van der Waals surface area contributed by atoms with Crippen LogP contribution in [0.5, 0.6) is 0 Å². The molecule has 0 unspecified atom stereocenters. The number of esters is 1. The average molecular weight is 247 g/mol. The second kappa shape index (κ2) is 11.8. The Kier molecular flexibility index (Phi) is 11.4. The van der Waals surface area contributed by atoms with Crippen LogP contribution in [0.3, 0.4) is 0 Å². The monoisotopic (exact) mass is 247 g/mol. The smallest absolute Gasteiger partial charge is 0.306 e. The lowest BCUT2D eigenvalue weighted by Gasteiger charge is -2.21. The van der Waals surface area contributed by atoms with Gasteiger partial charge in [0.2, 0.25) is 0 Å². The molecule has 0 saturated carbocycles. The van der Waals surface area contributed by atoms with E-state index in [2.05, 4.69) is 9.64 Å². The van der Waals surface area contributed by atoms with Gasteiger partial charge in [-0.05, 0) is 13.3 Å². The van der Waals surface area contributed by atoms with Crippen molar-refractivity contribution < 1.29 is 19.0 Å². The zero-order chi connectivity index (χ0) is 12.9. The zero-order valence-electron chi connectivity index (χ0n) is 11.2. The van der Waals surface area contributed by atoms with E-state index in [0.717, 1.165) is 32.7 Å². The van der Waals surface area contributed by atoms with Gasteiger partial charge in [0.05, 0.1) is 20.1 Å². The van der Waals surface area contributed by atoms with Gasteiger partial charge in [-0.25, -0.2) is 0 Å². The van der Waals surface area contributed by atoms with Crippen LogP contribution < -0.4 is 0 Å². The molecular formula is C12H25NO4. The first-order valence-corrected chi connectivity index (χ1v) is 6.10. The number of nitrogens with zero attached hydrogens (tertiary/aromatic N) is 1. The van der Waals surface area contributed by atoms with Gasteiger partial charge < -0.3 is 19.1 Å². The molecule has 0 amide bonds. The Hall–Kier alpha value is -0.650. The summed E-state index contributed by atoms with van der Waals surface area (Å²) in [5.74, 6) is -0.169. The number of carbonyl (C=O) groups is 1. The zero-order valence-corrected chi connectivity index (χ0v) is 11.2. The van der Waals surface area contributed by atoms with Crippen LogP contribution in [0.4, 0.5) is 0 Å². The Morgan fingerprint density at radius 3 is 2.47 bits per heavy atom. The number of carbonyl (C=O) groups excluding carboxylic acids is 1. The third-order valence-corrected chi connectivity index (χ3v) is 2.44. The summed E-state index contributed by atoms with van der Waals surface area (Å²) in [6.07, 6.45) is 1.40. The molecule has 0 bridgehead atoms. The van der Waals surface area contributed by atoms with Gasteiger partial charge in [-0.15, -0.1) is 0 Å². The minimum Gasteiger partial charge on any atom is -0.469 e. The van der Waals surface area contributed by atoms with Crippen molar-refractivity contribution >= 4 is 5.97 Å². The summed E-state index contributed by atoms with van der Waals surface area (Å²) in [5, 5.41) is 0. The Labute approximate surface area is 104 Å². The third kappa shape index (κ3) is 10.2. The predicted octanol–water partition coefficient (Wildman–Crippen LogP) is 0.925. The van der Waals surface area contributed by atoms with Gasteiger partial charge in [0, 0.05) is 40.0 Å². The number of hydrogen-bond donors (Lipinski definition) is 0. The maximum Gasteiger partial charge on any atom is 0.306 e. The van der Waals surface area contributed by atoms with E-state index >= 15 is 0 Å². The minimum absolute atomic E-state index is 0.169. The van der Waals surface area contributed by atoms with Crippen LogP contribution in [0, 0.1) is 0 Å². The van der Waals surface area contributed by atoms with Crippen LogP contribution in [-0.2, 0) is 19.0 Å². The Bertz CT molecular complexity index is 187.